The fourth-order valence-corrected chi connectivity index (χ4v) is 1.88. The highest BCUT2D eigenvalue weighted by Crippen LogP contribution is 2.29. The number of allylic oxidation sites excluding steroid dienone is 2. The molecule has 0 unspecified atom stereocenters. The van der Waals surface area contributed by atoms with E-state index in [1.807, 2.05) is 6.92 Å². The highest BCUT2D eigenvalue weighted by Gasteiger charge is 2.27. The predicted molar refractivity (Wildman–Crippen MR) is 60.0 cm³/mol. The summed E-state index contributed by atoms with van der Waals surface area (Å²) in [7, 11) is 1.49. The molecule has 0 bridgehead atoms. The van der Waals surface area contributed by atoms with E-state index in [4.69, 9.17) is 4.74 Å². The number of benzene rings is 1. The van der Waals surface area contributed by atoms with Crippen LogP contribution in [0.25, 0.3) is 0 Å². The summed E-state index contributed by atoms with van der Waals surface area (Å²) in [6.07, 6.45) is 1.98. The van der Waals surface area contributed by atoms with E-state index < -0.39 is 0 Å². The van der Waals surface area contributed by atoms with Gasteiger partial charge in [-0.25, -0.2) is 0 Å². The quantitative estimate of drug-likeness (QED) is 0.762. The van der Waals surface area contributed by atoms with Gasteiger partial charge in [-0.2, -0.15) is 0 Å². The minimum atomic E-state index is -0.149. The zero-order valence-electron chi connectivity index (χ0n) is 9.24. The predicted octanol–water partition coefficient (Wildman–Crippen LogP) is 2.41. The zero-order valence-corrected chi connectivity index (χ0v) is 9.24. The van der Waals surface area contributed by atoms with Crippen LogP contribution in [-0.2, 0) is 0 Å². The molecule has 16 heavy (non-hydrogen) atoms. The first-order valence-electron chi connectivity index (χ1n) is 5.15. The summed E-state index contributed by atoms with van der Waals surface area (Å²) in [6.45, 7) is 1.86. The van der Waals surface area contributed by atoms with Gasteiger partial charge in [-0.05, 0) is 18.6 Å². The van der Waals surface area contributed by atoms with E-state index in [2.05, 4.69) is 0 Å². The van der Waals surface area contributed by atoms with Crippen molar-refractivity contribution < 1.29 is 14.3 Å². The SMILES string of the molecule is CCC1=CC(=O)c2c(OC)cccc2C1=O. The van der Waals surface area contributed by atoms with E-state index in [1.54, 1.807) is 18.2 Å². The second kappa shape index (κ2) is 3.93. The summed E-state index contributed by atoms with van der Waals surface area (Å²) in [5.41, 5.74) is 1.39. The Kier molecular flexibility index (Phi) is 2.60. The van der Waals surface area contributed by atoms with Crippen LogP contribution in [0.5, 0.6) is 5.75 Å². The third-order valence-corrected chi connectivity index (χ3v) is 2.72. The van der Waals surface area contributed by atoms with Gasteiger partial charge < -0.3 is 4.74 Å². The summed E-state index contributed by atoms with van der Waals surface area (Å²) in [4.78, 5) is 23.9. The molecule has 1 aromatic rings. The first kappa shape index (κ1) is 10.6. The van der Waals surface area contributed by atoms with E-state index in [-0.39, 0.29) is 11.6 Å². The van der Waals surface area contributed by atoms with Crippen LogP contribution in [0.1, 0.15) is 34.1 Å². The van der Waals surface area contributed by atoms with Crippen LogP contribution in [0.2, 0.25) is 0 Å². The zero-order chi connectivity index (χ0) is 11.7. The molecule has 2 rings (SSSR count). The molecule has 0 radical (unpaired) electrons. The maximum Gasteiger partial charge on any atom is 0.190 e. The second-order valence-corrected chi connectivity index (χ2v) is 3.60. The molecule has 82 valence electrons. The summed E-state index contributed by atoms with van der Waals surface area (Å²) >= 11 is 0. The minimum Gasteiger partial charge on any atom is -0.496 e. The summed E-state index contributed by atoms with van der Waals surface area (Å²) in [5.74, 6) is 0.238. The molecule has 0 saturated heterocycles. The molecule has 0 N–H and O–H groups in total. The van der Waals surface area contributed by atoms with Crippen molar-refractivity contribution in [2.24, 2.45) is 0 Å². The van der Waals surface area contributed by atoms with Crippen LogP contribution in [-0.4, -0.2) is 18.7 Å². The van der Waals surface area contributed by atoms with Gasteiger partial charge in [-0.15, -0.1) is 0 Å². The fraction of sp³-hybridized carbons (Fsp3) is 0.231. The van der Waals surface area contributed by atoms with Crippen LogP contribution < -0.4 is 4.74 Å². The molecule has 1 aliphatic carbocycles. The first-order valence-corrected chi connectivity index (χ1v) is 5.15. The topological polar surface area (TPSA) is 43.4 Å². The molecule has 3 nitrogen and oxygen atoms in total. The van der Waals surface area contributed by atoms with Crippen molar-refractivity contribution in [1.82, 2.24) is 0 Å². The second-order valence-electron chi connectivity index (χ2n) is 3.60. The van der Waals surface area contributed by atoms with Crippen molar-refractivity contribution in [3.63, 3.8) is 0 Å². The molecule has 0 aliphatic heterocycles. The number of hydrogen-bond acceptors (Lipinski definition) is 3. The Morgan fingerprint density at radius 1 is 1.25 bits per heavy atom. The van der Waals surface area contributed by atoms with Gasteiger partial charge in [0.2, 0.25) is 0 Å². The molecule has 1 aromatic carbocycles. The van der Waals surface area contributed by atoms with E-state index in [9.17, 15) is 9.59 Å². The maximum atomic E-state index is 12.0. The lowest BCUT2D eigenvalue weighted by Gasteiger charge is -2.16. The van der Waals surface area contributed by atoms with Gasteiger partial charge >= 0.3 is 0 Å². The molecule has 0 spiro atoms. The van der Waals surface area contributed by atoms with Gasteiger partial charge in [0.25, 0.3) is 0 Å². The van der Waals surface area contributed by atoms with Crippen LogP contribution in [0.3, 0.4) is 0 Å². The van der Waals surface area contributed by atoms with Gasteiger partial charge in [0.15, 0.2) is 11.6 Å². The van der Waals surface area contributed by atoms with Crippen LogP contribution in [0.4, 0.5) is 0 Å². The van der Waals surface area contributed by atoms with E-state index in [0.717, 1.165) is 0 Å². The maximum absolute atomic E-state index is 12.0. The third kappa shape index (κ3) is 1.45. The lowest BCUT2D eigenvalue weighted by molar-refractivity contribution is 0.0979. The van der Waals surface area contributed by atoms with Crippen molar-refractivity contribution in [3.05, 3.63) is 41.0 Å². The Balaban J connectivity index is 2.65. The van der Waals surface area contributed by atoms with Gasteiger partial charge in [-0.3, -0.25) is 9.59 Å². The summed E-state index contributed by atoms with van der Waals surface area (Å²) in [5, 5.41) is 0. The van der Waals surface area contributed by atoms with Crippen LogP contribution in [0.15, 0.2) is 29.8 Å². The monoisotopic (exact) mass is 216 g/mol. The average molecular weight is 216 g/mol. The van der Waals surface area contributed by atoms with Crippen LogP contribution in [0, 0.1) is 0 Å². The molecule has 0 amide bonds. The van der Waals surface area contributed by atoms with E-state index in [1.165, 1.54) is 13.2 Å². The normalized spacial score (nSPS) is 14.5. The number of ketones is 2. The molecule has 0 atom stereocenters. The molecule has 0 aromatic heterocycles. The number of methoxy groups -OCH3 is 1. The van der Waals surface area contributed by atoms with E-state index in [0.29, 0.717) is 28.9 Å². The first-order chi connectivity index (χ1) is 7.69. The largest absolute Gasteiger partial charge is 0.496 e. The molecule has 0 fully saturated rings. The van der Waals surface area contributed by atoms with Gasteiger partial charge in [0.1, 0.15) is 5.75 Å². The highest BCUT2D eigenvalue weighted by molar-refractivity contribution is 6.25. The molecule has 1 aliphatic rings. The Labute approximate surface area is 93.7 Å². The molecular weight excluding hydrogens is 204 g/mol. The van der Waals surface area contributed by atoms with Gasteiger partial charge in [0.05, 0.1) is 12.7 Å². The van der Waals surface area contributed by atoms with Crippen LogP contribution >= 0.6 is 0 Å². The Hall–Kier alpha value is -1.90. The average Bonchev–Trinajstić information content (AvgIpc) is 2.32. The summed E-state index contributed by atoms with van der Waals surface area (Å²) < 4.78 is 5.10. The Morgan fingerprint density at radius 3 is 2.62 bits per heavy atom. The van der Waals surface area contributed by atoms with Gasteiger partial charge in [0, 0.05) is 11.1 Å². The molecule has 0 saturated carbocycles. The van der Waals surface area contributed by atoms with Crippen molar-refractivity contribution in [2.45, 2.75) is 13.3 Å². The number of fused-ring (bicyclic) bond motifs is 1. The number of carbonyl (C=O) groups excluding carboxylic acids is 2. The lowest BCUT2D eigenvalue weighted by Crippen LogP contribution is -2.17. The number of rotatable bonds is 2. The minimum absolute atomic E-state index is 0.0731. The molecule has 0 heterocycles. The van der Waals surface area contributed by atoms with E-state index >= 15 is 0 Å². The highest BCUT2D eigenvalue weighted by atomic mass is 16.5. The number of ether oxygens (including phenoxy) is 1. The third-order valence-electron chi connectivity index (χ3n) is 2.72. The smallest absolute Gasteiger partial charge is 0.190 e. The van der Waals surface area contributed by atoms with Gasteiger partial charge in [-0.1, -0.05) is 19.1 Å². The lowest BCUT2D eigenvalue weighted by atomic mass is 9.88. The number of hydrogen-bond donors (Lipinski definition) is 0. The molecular formula is C13H12O3. The van der Waals surface area contributed by atoms with Crippen molar-refractivity contribution in [1.29, 1.82) is 0 Å². The van der Waals surface area contributed by atoms with Crippen molar-refractivity contribution in [3.8, 4) is 5.75 Å². The number of carbonyl (C=O) groups is 2. The molecule has 3 heteroatoms. The fourth-order valence-electron chi connectivity index (χ4n) is 1.88. The summed E-state index contributed by atoms with van der Waals surface area (Å²) in [6, 6.07) is 5.08. The van der Waals surface area contributed by atoms with Crippen molar-refractivity contribution in [2.75, 3.05) is 7.11 Å². The van der Waals surface area contributed by atoms with Crippen molar-refractivity contribution >= 4 is 11.6 Å². The standard InChI is InChI=1S/C13H12O3/c1-3-8-7-10(14)12-9(13(8)15)5-4-6-11(12)16-2/h4-7H,3H2,1-2H3. The Morgan fingerprint density at radius 2 is 2.00 bits per heavy atom. The number of Topliss-reactive ketones (excluding diaryl/α,β-unsaturated/α-hetero) is 1. The Bertz CT molecular complexity index is 498.